The molecule has 0 aliphatic carbocycles. The molecular formula is C16H19N3O3S. The van der Waals surface area contributed by atoms with E-state index in [4.69, 9.17) is 0 Å². The first-order valence-electron chi connectivity index (χ1n) is 7.49. The van der Waals surface area contributed by atoms with Crippen LogP contribution in [0, 0.1) is 13.8 Å². The monoisotopic (exact) mass is 333 g/mol. The van der Waals surface area contributed by atoms with E-state index in [1.54, 1.807) is 4.68 Å². The number of benzene rings is 1. The van der Waals surface area contributed by atoms with Crippen LogP contribution in [0.4, 0.5) is 0 Å². The van der Waals surface area contributed by atoms with Crippen LogP contribution in [-0.2, 0) is 9.84 Å². The maximum atomic E-state index is 12.4. The molecule has 0 unspecified atom stereocenters. The van der Waals surface area contributed by atoms with Gasteiger partial charge in [-0.2, -0.15) is 5.10 Å². The molecule has 1 atom stereocenters. The molecule has 1 aliphatic rings. The third-order valence-corrected chi connectivity index (χ3v) is 5.84. The third-order valence-electron chi connectivity index (χ3n) is 4.07. The van der Waals surface area contributed by atoms with Crippen LogP contribution in [0.5, 0.6) is 0 Å². The molecular weight excluding hydrogens is 314 g/mol. The predicted molar refractivity (Wildman–Crippen MR) is 87.6 cm³/mol. The highest BCUT2D eigenvalue weighted by atomic mass is 32.2. The van der Waals surface area contributed by atoms with E-state index in [1.165, 1.54) is 6.20 Å². The van der Waals surface area contributed by atoms with Gasteiger partial charge in [0.05, 0.1) is 34.6 Å². The van der Waals surface area contributed by atoms with E-state index in [2.05, 4.69) is 10.4 Å². The van der Waals surface area contributed by atoms with Gasteiger partial charge in [-0.15, -0.1) is 0 Å². The number of sulfone groups is 1. The number of hydrogen-bond acceptors (Lipinski definition) is 4. The number of aromatic nitrogens is 2. The first kappa shape index (κ1) is 15.7. The molecule has 0 spiro atoms. The highest BCUT2D eigenvalue weighted by Gasteiger charge is 2.29. The number of nitrogens with zero attached hydrogens (tertiary/aromatic N) is 2. The average Bonchev–Trinajstić information content (AvgIpc) is 3.01. The first-order valence-corrected chi connectivity index (χ1v) is 9.31. The number of nitrogens with one attached hydrogen (secondary N) is 1. The minimum Gasteiger partial charge on any atom is -0.348 e. The number of carbonyl (C=O) groups excluding carboxylic acids is 1. The van der Waals surface area contributed by atoms with Gasteiger partial charge in [0.25, 0.3) is 5.91 Å². The molecule has 122 valence electrons. The number of aryl methyl sites for hydroxylation is 1. The summed E-state index contributed by atoms with van der Waals surface area (Å²) in [6.45, 7) is 3.83. The van der Waals surface area contributed by atoms with Gasteiger partial charge in [-0.1, -0.05) is 12.1 Å². The largest absolute Gasteiger partial charge is 0.348 e. The van der Waals surface area contributed by atoms with Gasteiger partial charge in [0.2, 0.25) is 0 Å². The lowest BCUT2D eigenvalue weighted by molar-refractivity contribution is 0.0940. The summed E-state index contributed by atoms with van der Waals surface area (Å²) in [6, 6.07) is 7.55. The average molecular weight is 333 g/mol. The molecule has 1 N–H and O–H groups in total. The minimum atomic E-state index is -3.01. The topological polar surface area (TPSA) is 81.1 Å². The highest BCUT2D eigenvalue weighted by Crippen LogP contribution is 2.17. The first-order chi connectivity index (χ1) is 10.9. The Balaban J connectivity index is 1.80. The van der Waals surface area contributed by atoms with Crippen molar-refractivity contribution in [1.82, 2.24) is 15.1 Å². The van der Waals surface area contributed by atoms with Crippen LogP contribution in [0.25, 0.3) is 5.69 Å². The molecule has 1 saturated heterocycles. The van der Waals surface area contributed by atoms with Crippen molar-refractivity contribution >= 4 is 15.7 Å². The molecule has 3 rings (SSSR count). The molecule has 1 aliphatic heterocycles. The van der Waals surface area contributed by atoms with Crippen molar-refractivity contribution < 1.29 is 13.2 Å². The number of amides is 1. The van der Waals surface area contributed by atoms with Gasteiger partial charge in [-0.3, -0.25) is 4.79 Å². The Kier molecular flexibility index (Phi) is 3.97. The maximum absolute atomic E-state index is 12.4. The molecule has 1 fully saturated rings. The van der Waals surface area contributed by atoms with Crippen molar-refractivity contribution in [3.8, 4) is 5.69 Å². The fourth-order valence-corrected chi connectivity index (χ4v) is 4.50. The molecule has 6 nitrogen and oxygen atoms in total. The van der Waals surface area contributed by atoms with E-state index in [-0.39, 0.29) is 23.5 Å². The van der Waals surface area contributed by atoms with E-state index >= 15 is 0 Å². The van der Waals surface area contributed by atoms with Crippen molar-refractivity contribution in [2.45, 2.75) is 26.3 Å². The molecule has 0 saturated carbocycles. The SMILES string of the molecule is Cc1cccc(-n2ncc(C(=O)N[C@H]3CCS(=O)(=O)C3)c2C)c1. The van der Waals surface area contributed by atoms with Crippen molar-refractivity contribution in [2.75, 3.05) is 11.5 Å². The second kappa shape index (κ2) is 5.81. The van der Waals surface area contributed by atoms with Gasteiger partial charge in [-0.05, 0) is 38.0 Å². The standard InChI is InChI=1S/C16H19N3O3S/c1-11-4-3-5-14(8-11)19-12(2)15(9-17-19)16(20)18-13-6-7-23(21,22)10-13/h3-5,8-9,13H,6-7,10H2,1-2H3,(H,18,20)/t13-/m0/s1. The molecule has 1 aromatic heterocycles. The summed E-state index contributed by atoms with van der Waals surface area (Å²) in [5.41, 5.74) is 3.20. The van der Waals surface area contributed by atoms with E-state index in [9.17, 15) is 13.2 Å². The van der Waals surface area contributed by atoms with E-state index in [0.717, 1.165) is 16.9 Å². The molecule has 2 heterocycles. The highest BCUT2D eigenvalue weighted by molar-refractivity contribution is 7.91. The summed E-state index contributed by atoms with van der Waals surface area (Å²) in [6.07, 6.45) is 2.00. The number of hydrogen-bond donors (Lipinski definition) is 1. The molecule has 7 heteroatoms. The van der Waals surface area contributed by atoms with Gasteiger partial charge >= 0.3 is 0 Å². The van der Waals surface area contributed by atoms with Crippen LogP contribution in [0.3, 0.4) is 0 Å². The fraction of sp³-hybridized carbons (Fsp3) is 0.375. The molecule has 0 radical (unpaired) electrons. The maximum Gasteiger partial charge on any atom is 0.255 e. The number of rotatable bonds is 3. The summed E-state index contributed by atoms with van der Waals surface area (Å²) in [7, 11) is -3.01. The summed E-state index contributed by atoms with van der Waals surface area (Å²) in [4.78, 5) is 12.4. The lowest BCUT2D eigenvalue weighted by Crippen LogP contribution is -2.35. The molecule has 0 bridgehead atoms. The normalized spacial score (nSPS) is 19.7. The Morgan fingerprint density at radius 3 is 2.78 bits per heavy atom. The molecule has 1 aromatic carbocycles. The summed E-state index contributed by atoms with van der Waals surface area (Å²) in [5, 5.41) is 7.09. The zero-order valence-electron chi connectivity index (χ0n) is 13.1. The van der Waals surface area contributed by atoms with Crippen molar-refractivity contribution in [2.24, 2.45) is 0 Å². The van der Waals surface area contributed by atoms with Crippen molar-refractivity contribution in [1.29, 1.82) is 0 Å². The Labute approximate surface area is 135 Å². The van der Waals surface area contributed by atoms with Crippen LogP contribution < -0.4 is 5.32 Å². The second-order valence-corrected chi connectivity index (χ2v) is 8.20. The summed E-state index contributed by atoms with van der Waals surface area (Å²) < 4.78 is 24.7. The van der Waals surface area contributed by atoms with Gasteiger partial charge in [0.1, 0.15) is 0 Å². The Bertz CT molecular complexity index is 855. The van der Waals surface area contributed by atoms with E-state index < -0.39 is 9.84 Å². The van der Waals surface area contributed by atoms with Crippen molar-refractivity contribution in [3.05, 3.63) is 47.3 Å². The fourth-order valence-electron chi connectivity index (χ4n) is 2.82. The predicted octanol–water partition coefficient (Wildman–Crippen LogP) is 1.41. The zero-order chi connectivity index (χ0) is 16.6. The Hall–Kier alpha value is -2.15. The second-order valence-electron chi connectivity index (χ2n) is 5.97. The molecule has 2 aromatic rings. The van der Waals surface area contributed by atoms with E-state index in [0.29, 0.717) is 12.0 Å². The van der Waals surface area contributed by atoms with Crippen LogP contribution in [0.1, 0.15) is 28.0 Å². The molecule has 23 heavy (non-hydrogen) atoms. The molecule has 1 amide bonds. The van der Waals surface area contributed by atoms with Crippen LogP contribution in [-0.4, -0.2) is 41.7 Å². The van der Waals surface area contributed by atoms with Gasteiger partial charge in [-0.25, -0.2) is 13.1 Å². The summed E-state index contributed by atoms with van der Waals surface area (Å²) in [5.74, 6) is -0.118. The zero-order valence-corrected chi connectivity index (χ0v) is 13.9. The lowest BCUT2D eigenvalue weighted by Gasteiger charge is -2.11. The van der Waals surface area contributed by atoms with Crippen molar-refractivity contribution in [3.63, 3.8) is 0 Å². The Morgan fingerprint density at radius 1 is 1.35 bits per heavy atom. The van der Waals surface area contributed by atoms with Gasteiger partial charge in [0, 0.05) is 6.04 Å². The quantitative estimate of drug-likeness (QED) is 0.921. The summed E-state index contributed by atoms with van der Waals surface area (Å²) >= 11 is 0. The van der Waals surface area contributed by atoms with Gasteiger partial charge < -0.3 is 5.32 Å². The Morgan fingerprint density at radius 2 is 2.13 bits per heavy atom. The van der Waals surface area contributed by atoms with Crippen LogP contribution in [0.15, 0.2) is 30.5 Å². The lowest BCUT2D eigenvalue weighted by atomic mass is 10.2. The number of carbonyl (C=O) groups is 1. The van der Waals surface area contributed by atoms with E-state index in [1.807, 2.05) is 38.1 Å². The van der Waals surface area contributed by atoms with Crippen LogP contribution in [0.2, 0.25) is 0 Å². The smallest absolute Gasteiger partial charge is 0.255 e. The third kappa shape index (κ3) is 3.29. The minimum absolute atomic E-state index is 0.0177. The van der Waals surface area contributed by atoms with Crippen LogP contribution >= 0.6 is 0 Å². The van der Waals surface area contributed by atoms with Gasteiger partial charge in [0.15, 0.2) is 9.84 Å².